The van der Waals surface area contributed by atoms with Crippen molar-refractivity contribution in [1.29, 1.82) is 0 Å². The van der Waals surface area contributed by atoms with Crippen molar-refractivity contribution in [2.75, 3.05) is 14.2 Å². The molecule has 4 aromatic rings. The fourth-order valence-electron chi connectivity index (χ4n) is 3.40. The van der Waals surface area contributed by atoms with Gasteiger partial charge < -0.3 is 14.0 Å². The van der Waals surface area contributed by atoms with Gasteiger partial charge in [-0.25, -0.2) is 4.98 Å². The molecule has 0 atom stereocenters. The van der Waals surface area contributed by atoms with Crippen molar-refractivity contribution >= 4 is 38.4 Å². The monoisotopic (exact) mass is 438 g/mol. The van der Waals surface area contributed by atoms with E-state index in [1.807, 2.05) is 35.9 Å². The van der Waals surface area contributed by atoms with Crippen LogP contribution in [0.25, 0.3) is 21.1 Å². The highest BCUT2D eigenvalue weighted by atomic mass is 32.1. The number of nitrogens with zero attached hydrogens (tertiary/aromatic N) is 4. The van der Waals surface area contributed by atoms with Crippen LogP contribution in [0.15, 0.2) is 52.5 Å². The second kappa shape index (κ2) is 8.73. The number of hydrogen-bond acceptors (Lipinski definition) is 6. The van der Waals surface area contributed by atoms with Crippen molar-refractivity contribution < 1.29 is 14.3 Å². The van der Waals surface area contributed by atoms with Gasteiger partial charge in [-0.2, -0.15) is 4.99 Å². The number of benzene rings is 2. The Morgan fingerprint density at radius 3 is 2.65 bits per heavy atom. The van der Waals surface area contributed by atoms with E-state index in [-0.39, 0.29) is 17.9 Å². The van der Waals surface area contributed by atoms with E-state index in [9.17, 15) is 9.59 Å². The van der Waals surface area contributed by atoms with Crippen LogP contribution in [-0.4, -0.2) is 34.2 Å². The van der Waals surface area contributed by atoms with E-state index in [2.05, 4.69) is 9.98 Å². The molecule has 0 radical (unpaired) electrons. The molecule has 2 heterocycles. The minimum Gasteiger partial charge on any atom is -0.493 e. The summed E-state index contributed by atoms with van der Waals surface area (Å²) >= 11 is 1.48. The molecule has 2 aromatic carbocycles. The Bertz CT molecular complexity index is 1400. The van der Waals surface area contributed by atoms with Gasteiger partial charge in [0, 0.05) is 26.1 Å². The summed E-state index contributed by atoms with van der Waals surface area (Å²) in [6.07, 6.45) is 2.21. The molecule has 0 N–H and O–H groups in total. The Hall–Kier alpha value is -3.46. The van der Waals surface area contributed by atoms with Crippen LogP contribution in [0.4, 0.5) is 0 Å². The number of hydrogen-bond donors (Lipinski definition) is 0. The first kappa shape index (κ1) is 20.8. The molecule has 8 nitrogen and oxygen atoms in total. The number of ether oxygens (including phenoxy) is 2. The molecule has 0 saturated carbocycles. The molecule has 31 heavy (non-hydrogen) atoms. The molecule has 1 amide bonds. The van der Waals surface area contributed by atoms with Gasteiger partial charge in [0.05, 0.1) is 41.7 Å². The third-order valence-electron chi connectivity index (χ3n) is 5.05. The van der Waals surface area contributed by atoms with Crippen molar-refractivity contribution in [2.24, 2.45) is 12.0 Å². The number of aryl methyl sites for hydroxylation is 2. The molecule has 0 saturated heterocycles. The SMILES string of the molecule is COc1cc2ncn(CCCC(=O)N=c3sc4ccccc4n3C)c(=O)c2cc1OC. The van der Waals surface area contributed by atoms with Crippen LogP contribution in [0, 0.1) is 0 Å². The van der Waals surface area contributed by atoms with E-state index in [1.54, 1.807) is 12.1 Å². The van der Waals surface area contributed by atoms with Gasteiger partial charge in [0.1, 0.15) is 0 Å². The number of fused-ring (bicyclic) bond motifs is 2. The van der Waals surface area contributed by atoms with Crippen molar-refractivity contribution in [2.45, 2.75) is 19.4 Å². The Morgan fingerprint density at radius 1 is 1.16 bits per heavy atom. The number of para-hydroxylation sites is 1. The molecule has 4 rings (SSSR count). The summed E-state index contributed by atoms with van der Waals surface area (Å²) in [5, 5.41) is 0.438. The molecular weight excluding hydrogens is 416 g/mol. The maximum absolute atomic E-state index is 12.8. The maximum Gasteiger partial charge on any atom is 0.261 e. The summed E-state index contributed by atoms with van der Waals surface area (Å²) in [5.41, 5.74) is 1.38. The zero-order valence-corrected chi connectivity index (χ0v) is 18.3. The summed E-state index contributed by atoms with van der Waals surface area (Å²) in [7, 11) is 4.95. The molecule has 0 aliphatic heterocycles. The third kappa shape index (κ3) is 4.09. The smallest absolute Gasteiger partial charge is 0.261 e. The van der Waals surface area contributed by atoms with Crippen LogP contribution >= 0.6 is 11.3 Å². The Balaban J connectivity index is 1.50. The van der Waals surface area contributed by atoms with Gasteiger partial charge in [0.25, 0.3) is 5.56 Å². The number of carbonyl (C=O) groups excluding carboxylic acids is 1. The van der Waals surface area contributed by atoms with Gasteiger partial charge in [-0.1, -0.05) is 23.5 Å². The fraction of sp³-hybridized carbons (Fsp3) is 0.273. The number of thiazole rings is 1. The normalized spacial score (nSPS) is 11.9. The van der Waals surface area contributed by atoms with Crippen LogP contribution in [0.1, 0.15) is 12.8 Å². The number of rotatable bonds is 6. The summed E-state index contributed by atoms with van der Waals surface area (Å²) in [4.78, 5) is 34.5. The van der Waals surface area contributed by atoms with Gasteiger partial charge in [0.15, 0.2) is 16.3 Å². The second-order valence-corrected chi connectivity index (χ2v) is 8.00. The molecule has 2 aromatic heterocycles. The van der Waals surface area contributed by atoms with Gasteiger partial charge in [-0.3, -0.25) is 14.2 Å². The fourth-order valence-corrected chi connectivity index (χ4v) is 4.43. The van der Waals surface area contributed by atoms with E-state index >= 15 is 0 Å². The largest absolute Gasteiger partial charge is 0.493 e. The van der Waals surface area contributed by atoms with Gasteiger partial charge in [0.2, 0.25) is 5.91 Å². The van der Waals surface area contributed by atoms with Gasteiger partial charge >= 0.3 is 0 Å². The third-order valence-corrected chi connectivity index (χ3v) is 6.17. The average molecular weight is 439 g/mol. The summed E-state index contributed by atoms with van der Waals surface area (Å²) in [5.74, 6) is 0.772. The molecule has 160 valence electrons. The molecule has 0 bridgehead atoms. The number of aromatic nitrogens is 3. The topological polar surface area (TPSA) is 87.7 Å². The zero-order valence-electron chi connectivity index (χ0n) is 17.5. The van der Waals surface area contributed by atoms with Crippen LogP contribution < -0.4 is 19.8 Å². The van der Waals surface area contributed by atoms with Gasteiger partial charge in [-0.15, -0.1) is 0 Å². The first-order valence-corrected chi connectivity index (χ1v) is 10.6. The van der Waals surface area contributed by atoms with Crippen LogP contribution in [0.5, 0.6) is 11.5 Å². The number of amides is 1. The lowest BCUT2D eigenvalue weighted by Gasteiger charge is -2.10. The van der Waals surface area contributed by atoms with E-state index in [0.717, 1.165) is 10.2 Å². The Morgan fingerprint density at radius 2 is 1.90 bits per heavy atom. The molecule has 9 heteroatoms. The minimum absolute atomic E-state index is 0.189. The molecular formula is C22H22N4O4S. The lowest BCUT2D eigenvalue weighted by Crippen LogP contribution is -2.21. The number of carbonyl (C=O) groups is 1. The lowest BCUT2D eigenvalue weighted by molar-refractivity contribution is -0.118. The van der Waals surface area contributed by atoms with Gasteiger partial charge in [-0.05, 0) is 24.6 Å². The highest BCUT2D eigenvalue weighted by Gasteiger charge is 2.11. The van der Waals surface area contributed by atoms with Crippen LogP contribution in [-0.2, 0) is 18.4 Å². The lowest BCUT2D eigenvalue weighted by atomic mass is 10.2. The van der Waals surface area contributed by atoms with Crippen molar-refractivity contribution in [3.05, 3.63) is 57.9 Å². The molecule has 0 unspecified atom stereocenters. The molecule has 0 aliphatic rings. The quantitative estimate of drug-likeness (QED) is 0.462. The highest BCUT2D eigenvalue weighted by Crippen LogP contribution is 2.29. The second-order valence-electron chi connectivity index (χ2n) is 6.99. The molecule has 0 spiro atoms. The predicted octanol–water partition coefficient (Wildman–Crippen LogP) is 2.87. The zero-order chi connectivity index (χ0) is 22.0. The Kier molecular flexibility index (Phi) is 5.85. The van der Waals surface area contributed by atoms with Crippen molar-refractivity contribution in [3.8, 4) is 11.5 Å². The first-order valence-electron chi connectivity index (χ1n) is 9.75. The Labute approximate surface area is 182 Å². The predicted molar refractivity (Wildman–Crippen MR) is 120 cm³/mol. The highest BCUT2D eigenvalue weighted by molar-refractivity contribution is 7.16. The maximum atomic E-state index is 12.8. The van der Waals surface area contributed by atoms with E-state index < -0.39 is 0 Å². The summed E-state index contributed by atoms with van der Waals surface area (Å²) in [6.45, 7) is 0.371. The van der Waals surface area contributed by atoms with Crippen LogP contribution in [0.2, 0.25) is 0 Å². The van der Waals surface area contributed by atoms with E-state index in [0.29, 0.717) is 40.2 Å². The van der Waals surface area contributed by atoms with E-state index in [4.69, 9.17) is 9.47 Å². The average Bonchev–Trinajstić information content (AvgIpc) is 3.09. The molecule has 0 aliphatic carbocycles. The molecule has 0 fully saturated rings. The first-order chi connectivity index (χ1) is 15.0. The van der Waals surface area contributed by atoms with Crippen molar-refractivity contribution in [3.63, 3.8) is 0 Å². The van der Waals surface area contributed by atoms with Crippen LogP contribution in [0.3, 0.4) is 0 Å². The summed E-state index contributed by atoms with van der Waals surface area (Å²) < 4.78 is 15.0. The van der Waals surface area contributed by atoms with E-state index in [1.165, 1.54) is 36.5 Å². The number of methoxy groups -OCH3 is 2. The standard InChI is InChI=1S/C22H22N4O4S/c1-25-16-7-4-5-8-19(16)31-22(25)24-20(27)9-6-10-26-13-23-15-12-18(30-3)17(29-2)11-14(15)21(26)28/h4-5,7-8,11-13H,6,9-10H2,1-3H3. The van der Waals surface area contributed by atoms with Crippen molar-refractivity contribution in [1.82, 2.24) is 14.1 Å². The summed E-state index contributed by atoms with van der Waals surface area (Å²) in [6, 6.07) is 11.2. The minimum atomic E-state index is -0.213.